The number of hydrogen-bond donors (Lipinski definition) is 1. The number of fused-ring (bicyclic) bond motifs is 1. The first-order chi connectivity index (χ1) is 13.1. The zero-order valence-electron chi connectivity index (χ0n) is 15.7. The molecule has 4 nitrogen and oxygen atoms in total. The molecule has 27 heavy (non-hydrogen) atoms. The second-order valence-electron chi connectivity index (χ2n) is 7.54. The van der Waals surface area contributed by atoms with Gasteiger partial charge in [-0.15, -0.1) is 0 Å². The van der Waals surface area contributed by atoms with Gasteiger partial charge in [0.1, 0.15) is 17.5 Å². The van der Waals surface area contributed by atoms with Crippen molar-refractivity contribution in [3.63, 3.8) is 0 Å². The molecule has 0 spiro atoms. The lowest BCUT2D eigenvalue weighted by atomic mass is 10.1. The molecule has 1 aromatic carbocycles. The van der Waals surface area contributed by atoms with E-state index in [1.54, 1.807) is 6.07 Å². The molecule has 1 saturated carbocycles. The van der Waals surface area contributed by atoms with Crippen LogP contribution in [0.2, 0.25) is 5.02 Å². The zero-order valence-corrected chi connectivity index (χ0v) is 16.4. The highest BCUT2D eigenvalue weighted by Crippen LogP contribution is 2.31. The van der Waals surface area contributed by atoms with Crippen LogP contribution < -0.4 is 5.73 Å². The van der Waals surface area contributed by atoms with E-state index in [1.165, 1.54) is 6.07 Å². The Morgan fingerprint density at radius 1 is 1.33 bits per heavy atom. The van der Waals surface area contributed by atoms with Gasteiger partial charge in [0.2, 0.25) is 0 Å². The average Bonchev–Trinajstić information content (AvgIpc) is 3.36. The summed E-state index contributed by atoms with van der Waals surface area (Å²) in [6.07, 6.45) is 10.9. The number of halogens is 2. The highest BCUT2D eigenvalue weighted by Gasteiger charge is 2.31. The van der Waals surface area contributed by atoms with E-state index in [4.69, 9.17) is 17.3 Å². The maximum absolute atomic E-state index is 14.8. The molecular weight excluding hydrogens is 363 g/mol. The highest BCUT2D eigenvalue weighted by atomic mass is 35.5. The fraction of sp³-hybridized carbons (Fsp3) is 0.476. The quantitative estimate of drug-likeness (QED) is 0.590. The number of aliphatic imine (C=N–C) groups is 1. The van der Waals surface area contributed by atoms with Gasteiger partial charge in [0.25, 0.3) is 0 Å². The van der Waals surface area contributed by atoms with E-state index in [9.17, 15) is 4.39 Å². The van der Waals surface area contributed by atoms with Crippen LogP contribution >= 0.6 is 11.6 Å². The van der Waals surface area contributed by atoms with Gasteiger partial charge >= 0.3 is 0 Å². The third-order valence-corrected chi connectivity index (χ3v) is 5.78. The molecule has 2 fully saturated rings. The molecule has 1 aliphatic carbocycles. The number of benzene rings is 1. The predicted molar refractivity (Wildman–Crippen MR) is 108 cm³/mol. The third kappa shape index (κ3) is 3.84. The first-order valence-corrected chi connectivity index (χ1v) is 10.2. The van der Waals surface area contributed by atoms with Crippen LogP contribution in [-0.4, -0.2) is 40.8 Å². The number of allylic oxidation sites excluding steroid dienone is 2. The van der Waals surface area contributed by atoms with Gasteiger partial charge in [0, 0.05) is 41.8 Å². The summed E-state index contributed by atoms with van der Waals surface area (Å²) >= 11 is 6.44. The minimum Gasteiger partial charge on any atom is -0.383 e. The van der Waals surface area contributed by atoms with Crippen molar-refractivity contribution in [3.8, 4) is 0 Å². The third-order valence-electron chi connectivity index (χ3n) is 5.45. The van der Waals surface area contributed by atoms with E-state index in [1.807, 2.05) is 0 Å². The SMILES string of the molecule is CCCC1C=CC=C2N(Cc3c(F)cc(C(N)=NC4CC4)cc3Cl)CCN21. The van der Waals surface area contributed by atoms with Crippen LogP contribution in [0, 0.1) is 5.82 Å². The van der Waals surface area contributed by atoms with Gasteiger partial charge in [-0.3, -0.25) is 4.99 Å². The Morgan fingerprint density at radius 3 is 2.85 bits per heavy atom. The van der Waals surface area contributed by atoms with E-state index in [-0.39, 0.29) is 5.82 Å². The Balaban J connectivity index is 1.53. The lowest BCUT2D eigenvalue weighted by Crippen LogP contribution is -2.33. The van der Waals surface area contributed by atoms with Crippen LogP contribution in [0.25, 0.3) is 0 Å². The van der Waals surface area contributed by atoms with Crippen molar-refractivity contribution >= 4 is 17.4 Å². The van der Waals surface area contributed by atoms with E-state index in [2.05, 4.69) is 39.9 Å². The van der Waals surface area contributed by atoms with Gasteiger partial charge in [-0.05, 0) is 37.5 Å². The van der Waals surface area contributed by atoms with Crippen molar-refractivity contribution in [2.45, 2.75) is 51.2 Å². The molecule has 144 valence electrons. The number of nitrogens with two attached hydrogens (primary N) is 1. The molecule has 1 saturated heterocycles. The highest BCUT2D eigenvalue weighted by molar-refractivity contribution is 6.31. The van der Waals surface area contributed by atoms with Crippen molar-refractivity contribution in [2.75, 3.05) is 13.1 Å². The Morgan fingerprint density at radius 2 is 2.15 bits per heavy atom. The average molecular weight is 389 g/mol. The molecule has 2 N–H and O–H groups in total. The summed E-state index contributed by atoms with van der Waals surface area (Å²) in [6.45, 7) is 4.49. The molecule has 2 heterocycles. The van der Waals surface area contributed by atoms with Crippen molar-refractivity contribution in [1.29, 1.82) is 0 Å². The molecule has 1 unspecified atom stereocenters. The van der Waals surface area contributed by atoms with E-state index < -0.39 is 0 Å². The lowest BCUT2D eigenvalue weighted by molar-refractivity contribution is 0.278. The number of nitrogens with zero attached hydrogens (tertiary/aromatic N) is 3. The second kappa shape index (κ2) is 7.55. The Hall–Kier alpha value is -2.01. The summed E-state index contributed by atoms with van der Waals surface area (Å²) in [7, 11) is 0. The molecule has 2 aliphatic heterocycles. The van der Waals surface area contributed by atoms with Crippen molar-refractivity contribution in [3.05, 3.63) is 58.1 Å². The van der Waals surface area contributed by atoms with Crippen molar-refractivity contribution in [2.24, 2.45) is 10.7 Å². The second-order valence-corrected chi connectivity index (χ2v) is 7.95. The monoisotopic (exact) mass is 388 g/mol. The number of amidine groups is 1. The minimum atomic E-state index is -0.318. The summed E-state index contributed by atoms with van der Waals surface area (Å²) in [5, 5.41) is 0.412. The Labute approximate surface area is 165 Å². The van der Waals surface area contributed by atoms with Gasteiger partial charge in [0.05, 0.1) is 6.04 Å². The van der Waals surface area contributed by atoms with Crippen LogP contribution in [0.5, 0.6) is 0 Å². The van der Waals surface area contributed by atoms with E-state index in [0.29, 0.717) is 40.6 Å². The standard InChI is InChI=1S/C21H26ClFN4/c1-2-4-16-5-3-6-20-26(9-10-27(16)20)13-17-18(22)11-14(12-19(17)23)21(24)25-15-7-8-15/h3,5-6,11-12,15-16H,2,4,7-10,13H2,1H3,(H2,24,25). The van der Waals surface area contributed by atoms with Crippen LogP contribution in [0.4, 0.5) is 4.39 Å². The first-order valence-electron chi connectivity index (χ1n) is 9.78. The molecule has 6 heteroatoms. The van der Waals surface area contributed by atoms with Crippen molar-refractivity contribution in [1.82, 2.24) is 9.80 Å². The van der Waals surface area contributed by atoms with Crippen molar-refractivity contribution < 1.29 is 4.39 Å². The minimum absolute atomic E-state index is 0.296. The smallest absolute Gasteiger partial charge is 0.130 e. The zero-order chi connectivity index (χ0) is 19.0. The first kappa shape index (κ1) is 18.4. The number of rotatable bonds is 6. The molecule has 0 bridgehead atoms. The summed E-state index contributed by atoms with van der Waals surface area (Å²) in [5.74, 6) is 1.21. The predicted octanol–water partition coefficient (Wildman–Crippen LogP) is 4.04. The largest absolute Gasteiger partial charge is 0.383 e. The summed E-state index contributed by atoms with van der Waals surface area (Å²) in [5.41, 5.74) is 7.10. The fourth-order valence-electron chi connectivity index (χ4n) is 3.83. The molecule has 0 radical (unpaired) electrons. The van der Waals surface area contributed by atoms with Crippen LogP contribution in [0.3, 0.4) is 0 Å². The summed E-state index contributed by atoms with van der Waals surface area (Å²) in [6, 6.07) is 3.93. The van der Waals surface area contributed by atoms with E-state index >= 15 is 0 Å². The maximum Gasteiger partial charge on any atom is 0.130 e. The normalized spacial score (nSPS) is 22.3. The van der Waals surface area contributed by atoms with Gasteiger partial charge in [-0.1, -0.05) is 37.1 Å². The van der Waals surface area contributed by atoms with E-state index in [0.717, 1.165) is 44.6 Å². The van der Waals surface area contributed by atoms with Crippen LogP contribution in [0.1, 0.15) is 43.7 Å². The van der Waals surface area contributed by atoms with Gasteiger partial charge in [-0.2, -0.15) is 0 Å². The van der Waals surface area contributed by atoms with Gasteiger partial charge in [0.15, 0.2) is 0 Å². The van der Waals surface area contributed by atoms with Gasteiger partial charge in [-0.25, -0.2) is 4.39 Å². The molecular formula is C21H26ClFN4. The number of hydrogen-bond acceptors (Lipinski definition) is 3. The van der Waals surface area contributed by atoms with Crippen LogP contribution in [-0.2, 0) is 6.54 Å². The molecule has 0 amide bonds. The summed E-state index contributed by atoms with van der Waals surface area (Å²) < 4.78 is 14.8. The van der Waals surface area contributed by atoms with Gasteiger partial charge < -0.3 is 15.5 Å². The van der Waals surface area contributed by atoms with Crippen LogP contribution in [0.15, 0.2) is 41.2 Å². The summed E-state index contributed by atoms with van der Waals surface area (Å²) in [4.78, 5) is 9.00. The molecule has 4 rings (SSSR count). The topological polar surface area (TPSA) is 44.9 Å². The lowest BCUT2D eigenvalue weighted by Gasteiger charge is -2.32. The fourth-order valence-corrected chi connectivity index (χ4v) is 4.09. The molecule has 1 aromatic rings. The Bertz CT molecular complexity index is 789. The maximum atomic E-state index is 14.8. The Kier molecular flexibility index (Phi) is 5.13. The molecule has 3 aliphatic rings. The molecule has 1 atom stereocenters. The molecule has 0 aromatic heterocycles.